The van der Waals surface area contributed by atoms with Crippen LogP contribution >= 0.6 is 0 Å². The highest BCUT2D eigenvalue weighted by Gasteiger charge is 2.14. The summed E-state index contributed by atoms with van der Waals surface area (Å²) in [5, 5.41) is 5.73. The molecule has 7 nitrogen and oxygen atoms in total. The number of ether oxygens (including phenoxy) is 2. The van der Waals surface area contributed by atoms with Gasteiger partial charge in [-0.25, -0.2) is 9.59 Å². The van der Waals surface area contributed by atoms with E-state index in [9.17, 15) is 14.4 Å². The van der Waals surface area contributed by atoms with Crippen LogP contribution in [-0.4, -0.2) is 38.6 Å². The van der Waals surface area contributed by atoms with Crippen LogP contribution in [0.5, 0.6) is 0 Å². The maximum atomic E-state index is 12.1. The quantitative estimate of drug-likeness (QED) is 0.741. The second-order valence-electron chi connectivity index (χ2n) is 5.30. The summed E-state index contributed by atoms with van der Waals surface area (Å²) in [6, 6.07) is 13.5. The third-order valence-electron chi connectivity index (χ3n) is 3.61. The van der Waals surface area contributed by atoms with Gasteiger partial charge in [-0.2, -0.15) is 0 Å². The topological polar surface area (TPSA) is 93.7 Å². The number of nitrogens with one attached hydrogen (secondary N) is 2. The number of methoxy groups -OCH3 is 2. The van der Waals surface area contributed by atoms with E-state index in [2.05, 4.69) is 10.6 Å². The van der Waals surface area contributed by atoms with E-state index in [4.69, 9.17) is 9.47 Å². The second kappa shape index (κ2) is 9.22. The van der Waals surface area contributed by atoms with Crippen molar-refractivity contribution in [3.63, 3.8) is 0 Å². The van der Waals surface area contributed by atoms with E-state index in [1.807, 2.05) is 0 Å². The van der Waals surface area contributed by atoms with Crippen LogP contribution in [0.25, 0.3) is 0 Å². The lowest BCUT2D eigenvalue weighted by molar-refractivity contribution is -0.115. The van der Waals surface area contributed by atoms with Gasteiger partial charge in [-0.05, 0) is 24.3 Å². The van der Waals surface area contributed by atoms with Gasteiger partial charge in [0, 0.05) is 18.7 Å². The Kier molecular flexibility index (Phi) is 6.73. The van der Waals surface area contributed by atoms with Crippen LogP contribution in [0.1, 0.15) is 27.1 Å². The Morgan fingerprint density at radius 1 is 0.808 bits per heavy atom. The number of rotatable bonds is 7. The zero-order valence-electron chi connectivity index (χ0n) is 14.6. The van der Waals surface area contributed by atoms with Gasteiger partial charge in [0.15, 0.2) is 0 Å². The number of carbonyl (C=O) groups excluding carboxylic acids is 3. The van der Waals surface area contributed by atoms with Crippen LogP contribution in [-0.2, 0) is 14.3 Å². The number of carbonyl (C=O) groups is 3. The molecule has 0 aliphatic rings. The van der Waals surface area contributed by atoms with Crippen LogP contribution in [0.3, 0.4) is 0 Å². The van der Waals surface area contributed by atoms with Crippen LogP contribution in [0.2, 0.25) is 0 Å². The summed E-state index contributed by atoms with van der Waals surface area (Å²) in [5.74, 6) is -1.25. The Morgan fingerprint density at radius 2 is 1.31 bits per heavy atom. The summed E-state index contributed by atoms with van der Waals surface area (Å²) in [5.41, 5.74) is 1.65. The molecule has 0 atom stereocenters. The summed E-state index contributed by atoms with van der Waals surface area (Å²) in [6.45, 7) is 0.306. The fourth-order valence-electron chi connectivity index (χ4n) is 2.33. The number of hydrogen-bond donors (Lipinski definition) is 2. The van der Waals surface area contributed by atoms with Gasteiger partial charge in [-0.15, -0.1) is 0 Å². The molecular weight excluding hydrogens is 336 g/mol. The molecule has 7 heteroatoms. The molecule has 0 radical (unpaired) electrons. The van der Waals surface area contributed by atoms with E-state index in [0.717, 1.165) is 0 Å². The second-order valence-corrected chi connectivity index (χ2v) is 5.30. The first-order valence-corrected chi connectivity index (χ1v) is 7.95. The number of para-hydroxylation sites is 2. The standard InChI is InChI=1S/C19H20N2O5/c1-25-18(23)13-7-3-5-9-15(13)20-12-11-17(22)21-16-10-6-4-8-14(16)19(24)26-2/h3-10,20H,11-12H2,1-2H3,(H,21,22). The van der Waals surface area contributed by atoms with Gasteiger partial charge in [-0.3, -0.25) is 4.79 Å². The van der Waals surface area contributed by atoms with Crippen molar-refractivity contribution in [3.8, 4) is 0 Å². The van der Waals surface area contributed by atoms with E-state index >= 15 is 0 Å². The molecular formula is C19H20N2O5. The lowest BCUT2D eigenvalue weighted by atomic mass is 10.1. The third-order valence-corrected chi connectivity index (χ3v) is 3.61. The number of esters is 2. The highest BCUT2D eigenvalue weighted by atomic mass is 16.5. The van der Waals surface area contributed by atoms with Gasteiger partial charge in [-0.1, -0.05) is 24.3 Å². The Morgan fingerprint density at radius 3 is 1.88 bits per heavy atom. The first kappa shape index (κ1) is 19.0. The van der Waals surface area contributed by atoms with Crippen LogP contribution in [0.15, 0.2) is 48.5 Å². The molecule has 0 saturated heterocycles. The van der Waals surface area contributed by atoms with E-state index in [0.29, 0.717) is 23.5 Å². The highest BCUT2D eigenvalue weighted by Crippen LogP contribution is 2.17. The zero-order valence-corrected chi connectivity index (χ0v) is 14.6. The van der Waals surface area contributed by atoms with Crippen molar-refractivity contribution in [2.45, 2.75) is 6.42 Å². The predicted molar refractivity (Wildman–Crippen MR) is 97.3 cm³/mol. The van der Waals surface area contributed by atoms with Gasteiger partial charge < -0.3 is 20.1 Å². The molecule has 0 saturated carbocycles. The fraction of sp³-hybridized carbons (Fsp3) is 0.211. The summed E-state index contributed by atoms with van der Waals surface area (Å²) in [4.78, 5) is 35.6. The highest BCUT2D eigenvalue weighted by molar-refractivity contribution is 6.01. The summed E-state index contributed by atoms with van der Waals surface area (Å²) >= 11 is 0. The third kappa shape index (κ3) is 4.83. The Labute approximate surface area is 151 Å². The zero-order chi connectivity index (χ0) is 18.9. The predicted octanol–water partition coefficient (Wildman–Crippen LogP) is 2.70. The van der Waals surface area contributed by atoms with Crippen LogP contribution < -0.4 is 10.6 Å². The van der Waals surface area contributed by atoms with Crippen molar-refractivity contribution in [3.05, 3.63) is 59.7 Å². The molecule has 0 bridgehead atoms. The lowest BCUT2D eigenvalue weighted by Gasteiger charge is -2.12. The van der Waals surface area contributed by atoms with E-state index in [1.54, 1.807) is 48.5 Å². The smallest absolute Gasteiger partial charge is 0.339 e. The largest absolute Gasteiger partial charge is 0.465 e. The van der Waals surface area contributed by atoms with Crippen molar-refractivity contribution in [2.75, 3.05) is 31.4 Å². The molecule has 0 aromatic heterocycles. The Hall–Kier alpha value is -3.35. The summed E-state index contributed by atoms with van der Waals surface area (Å²) in [7, 11) is 2.59. The van der Waals surface area contributed by atoms with Crippen LogP contribution in [0, 0.1) is 0 Å². The molecule has 0 spiro atoms. The lowest BCUT2D eigenvalue weighted by Crippen LogP contribution is -2.19. The van der Waals surface area contributed by atoms with Gasteiger partial charge >= 0.3 is 11.9 Å². The van der Waals surface area contributed by atoms with Crippen molar-refractivity contribution in [2.24, 2.45) is 0 Å². The van der Waals surface area contributed by atoms with Crippen molar-refractivity contribution >= 4 is 29.2 Å². The summed E-state index contributed by atoms with van der Waals surface area (Å²) in [6.07, 6.45) is 0.144. The fourth-order valence-corrected chi connectivity index (χ4v) is 2.33. The van der Waals surface area contributed by atoms with Gasteiger partial charge in [0.2, 0.25) is 5.91 Å². The molecule has 136 valence electrons. The van der Waals surface area contributed by atoms with Gasteiger partial charge in [0.25, 0.3) is 0 Å². The molecule has 2 aromatic carbocycles. The molecule has 0 fully saturated rings. The van der Waals surface area contributed by atoms with Gasteiger partial charge in [0.1, 0.15) is 0 Å². The maximum Gasteiger partial charge on any atom is 0.339 e. The molecule has 2 aromatic rings. The average Bonchev–Trinajstić information content (AvgIpc) is 2.67. The molecule has 2 N–H and O–H groups in total. The number of anilines is 2. The number of hydrogen-bond acceptors (Lipinski definition) is 6. The molecule has 2 rings (SSSR count). The monoisotopic (exact) mass is 356 g/mol. The van der Waals surface area contributed by atoms with Crippen molar-refractivity contribution in [1.82, 2.24) is 0 Å². The minimum Gasteiger partial charge on any atom is -0.465 e. The SMILES string of the molecule is COC(=O)c1ccccc1NCCC(=O)Nc1ccccc1C(=O)OC. The Balaban J connectivity index is 1.95. The maximum absolute atomic E-state index is 12.1. The minimum atomic E-state index is -0.522. The molecule has 0 unspecified atom stereocenters. The van der Waals surface area contributed by atoms with Gasteiger partial charge in [0.05, 0.1) is 31.0 Å². The van der Waals surface area contributed by atoms with E-state index in [1.165, 1.54) is 14.2 Å². The van der Waals surface area contributed by atoms with Crippen LogP contribution in [0.4, 0.5) is 11.4 Å². The first-order valence-electron chi connectivity index (χ1n) is 7.95. The average molecular weight is 356 g/mol. The normalized spacial score (nSPS) is 9.92. The van der Waals surface area contributed by atoms with E-state index in [-0.39, 0.29) is 17.9 Å². The first-order chi connectivity index (χ1) is 12.6. The molecule has 1 amide bonds. The number of amides is 1. The number of benzene rings is 2. The molecule has 26 heavy (non-hydrogen) atoms. The Bertz CT molecular complexity index is 804. The molecule has 0 aliphatic carbocycles. The van der Waals surface area contributed by atoms with Crippen molar-refractivity contribution in [1.29, 1.82) is 0 Å². The summed E-state index contributed by atoms with van der Waals surface area (Å²) < 4.78 is 9.42. The molecule has 0 aliphatic heterocycles. The van der Waals surface area contributed by atoms with Crippen molar-refractivity contribution < 1.29 is 23.9 Å². The molecule has 0 heterocycles. The minimum absolute atomic E-state index is 0.144. The van der Waals surface area contributed by atoms with E-state index < -0.39 is 11.9 Å².